The lowest BCUT2D eigenvalue weighted by molar-refractivity contribution is 0.0600. The van der Waals surface area contributed by atoms with Crippen molar-refractivity contribution in [1.29, 1.82) is 0 Å². The van der Waals surface area contributed by atoms with Crippen LogP contribution in [0.4, 0.5) is 5.69 Å². The molecule has 0 saturated heterocycles. The number of carbonyl (C=O) groups is 1. The molecule has 27 heavy (non-hydrogen) atoms. The fourth-order valence-corrected chi connectivity index (χ4v) is 3.88. The number of nitrogens with zero attached hydrogens (tertiary/aromatic N) is 1. The summed E-state index contributed by atoms with van der Waals surface area (Å²) in [5, 5.41) is 0.654. The second-order valence-corrected chi connectivity index (χ2v) is 8.52. The molecular formula is C18H19N3O5S. The first kappa shape index (κ1) is 18.7. The van der Waals surface area contributed by atoms with Crippen LogP contribution in [0.5, 0.6) is 0 Å². The molecule has 0 bridgehead atoms. The van der Waals surface area contributed by atoms with Crippen LogP contribution in [0.15, 0.2) is 35.4 Å². The van der Waals surface area contributed by atoms with Gasteiger partial charge >= 0.3 is 5.97 Å². The van der Waals surface area contributed by atoms with Gasteiger partial charge in [0.1, 0.15) is 5.52 Å². The van der Waals surface area contributed by atoms with Gasteiger partial charge in [0.25, 0.3) is 5.56 Å². The maximum absolute atomic E-state index is 12.3. The Labute approximate surface area is 155 Å². The van der Waals surface area contributed by atoms with Gasteiger partial charge in [0.15, 0.2) is 9.84 Å². The van der Waals surface area contributed by atoms with E-state index in [1.165, 1.54) is 17.7 Å². The van der Waals surface area contributed by atoms with E-state index in [-0.39, 0.29) is 28.1 Å². The first-order chi connectivity index (χ1) is 12.6. The number of ether oxygens (including phenoxy) is 1. The number of hydrogen-bond donors (Lipinski definition) is 2. The molecule has 0 fully saturated rings. The number of aromatic nitrogens is 2. The zero-order chi connectivity index (χ0) is 19.9. The molecule has 0 spiro atoms. The summed E-state index contributed by atoms with van der Waals surface area (Å²) >= 11 is 0. The van der Waals surface area contributed by atoms with Crippen LogP contribution in [0, 0.1) is 0 Å². The van der Waals surface area contributed by atoms with E-state index in [9.17, 15) is 18.0 Å². The molecule has 142 valence electrons. The molecule has 0 atom stereocenters. The molecular weight excluding hydrogens is 370 g/mol. The molecule has 0 aliphatic carbocycles. The van der Waals surface area contributed by atoms with Crippen molar-refractivity contribution in [2.45, 2.75) is 5.75 Å². The van der Waals surface area contributed by atoms with Crippen molar-refractivity contribution in [1.82, 2.24) is 9.55 Å². The number of fused-ring (bicyclic) bond motifs is 1. The minimum Gasteiger partial charge on any atom is -0.465 e. The zero-order valence-electron chi connectivity index (χ0n) is 15.1. The number of aromatic amines is 1. The molecule has 2 aromatic heterocycles. The second kappa shape index (κ2) is 6.58. The van der Waals surface area contributed by atoms with E-state index in [0.29, 0.717) is 22.0 Å². The highest BCUT2D eigenvalue weighted by Gasteiger charge is 2.20. The zero-order valence-corrected chi connectivity index (χ0v) is 15.9. The van der Waals surface area contributed by atoms with Gasteiger partial charge in [-0.05, 0) is 23.8 Å². The van der Waals surface area contributed by atoms with Gasteiger partial charge in [-0.25, -0.2) is 13.2 Å². The summed E-state index contributed by atoms with van der Waals surface area (Å²) in [5.41, 5.74) is 8.22. The fraction of sp³-hybridized carbons (Fsp3) is 0.222. The molecule has 9 heteroatoms. The number of methoxy groups -OCH3 is 1. The third-order valence-corrected chi connectivity index (χ3v) is 5.12. The largest absolute Gasteiger partial charge is 0.465 e. The molecule has 8 nitrogen and oxygen atoms in total. The lowest BCUT2D eigenvalue weighted by Gasteiger charge is -2.14. The van der Waals surface area contributed by atoms with Crippen LogP contribution in [0.3, 0.4) is 0 Å². The maximum Gasteiger partial charge on any atom is 0.338 e. The predicted octanol–water partition coefficient (Wildman–Crippen LogP) is 1.45. The standard InChI is InChI=1S/C18H19N3O5S/c1-21-8-14(11-4-5-20-16(11)17(21)22)13-6-10(9-27(3,24)25)12(7-15(13)19)18(23)26-2/h4-8,20H,9,19H2,1-3H3. The number of nitrogens with two attached hydrogens (primary N) is 1. The number of nitrogens with one attached hydrogen (secondary N) is 1. The molecule has 3 N–H and O–H groups in total. The number of rotatable bonds is 4. The van der Waals surface area contributed by atoms with Gasteiger partial charge in [0.2, 0.25) is 0 Å². The van der Waals surface area contributed by atoms with Crippen molar-refractivity contribution in [2.24, 2.45) is 7.05 Å². The summed E-state index contributed by atoms with van der Waals surface area (Å²) in [6.07, 6.45) is 4.36. The Morgan fingerprint density at radius 1 is 1.30 bits per heavy atom. The number of carbonyl (C=O) groups excluding carboxylic acids is 1. The highest BCUT2D eigenvalue weighted by molar-refractivity contribution is 7.89. The average Bonchev–Trinajstić information content (AvgIpc) is 3.07. The van der Waals surface area contributed by atoms with Crippen molar-refractivity contribution in [3.63, 3.8) is 0 Å². The number of sulfone groups is 1. The van der Waals surface area contributed by atoms with Crippen molar-refractivity contribution in [2.75, 3.05) is 19.1 Å². The Bertz CT molecular complexity index is 1220. The lowest BCUT2D eigenvalue weighted by Crippen LogP contribution is -2.17. The van der Waals surface area contributed by atoms with E-state index >= 15 is 0 Å². The van der Waals surface area contributed by atoms with Gasteiger partial charge in [-0.1, -0.05) is 0 Å². The number of aryl methyl sites for hydroxylation is 1. The van der Waals surface area contributed by atoms with E-state index in [4.69, 9.17) is 10.5 Å². The highest BCUT2D eigenvalue weighted by atomic mass is 32.2. The van der Waals surface area contributed by atoms with Crippen LogP contribution in [0.25, 0.3) is 22.0 Å². The monoisotopic (exact) mass is 389 g/mol. The summed E-state index contributed by atoms with van der Waals surface area (Å²) in [6.45, 7) is 0. The quantitative estimate of drug-likeness (QED) is 0.514. The molecule has 0 radical (unpaired) electrons. The smallest absolute Gasteiger partial charge is 0.338 e. The molecule has 0 saturated carbocycles. The number of pyridine rings is 1. The summed E-state index contributed by atoms with van der Waals surface area (Å²) in [5.74, 6) is -1.01. The Hall–Kier alpha value is -3.07. The molecule has 0 aliphatic rings. The Morgan fingerprint density at radius 2 is 2.00 bits per heavy atom. The minimum absolute atomic E-state index is 0.0966. The summed E-state index contributed by atoms with van der Waals surface area (Å²) in [6, 6.07) is 4.72. The summed E-state index contributed by atoms with van der Waals surface area (Å²) in [4.78, 5) is 27.2. The van der Waals surface area contributed by atoms with E-state index in [0.717, 1.165) is 6.26 Å². The van der Waals surface area contributed by atoms with Crippen molar-refractivity contribution >= 4 is 32.4 Å². The number of nitrogen functional groups attached to an aromatic ring is 1. The van der Waals surface area contributed by atoms with Crippen LogP contribution in [-0.4, -0.2) is 37.3 Å². The number of anilines is 1. The molecule has 2 heterocycles. The molecule has 1 aromatic carbocycles. The van der Waals surface area contributed by atoms with Gasteiger partial charge in [0.05, 0.1) is 18.4 Å². The topological polar surface area (TPSA) is 124 Å². The van der Waals surface area contributed by atoms with Crippen molar-refractivity contribution in [3.8, 4) is 11.1 Å². The van der Waals surface area contributed by atoms with Gasteiger partial charge in [-0.2, -0.15) is 0 Å². The van der Waals surface area contributed by atoms with Crippen LogP contribution in [-0.2, 0) is 27.4 Å². The van der Waals surface area contributed by atoms with Gasteiger partial charge in [-0.15, -0.1) is 0 Å². The Morgan fingerprint density at radius 3 is 2.63 bits per heavy atom. The normalized spacial score (nSPS) is 11.7. The van der Waals surface area contributed by atoms with E-state index in [2.05, 4.69) is 4.98 Å². The summed E-state index contributed by atoms with van der Waals surface area (Å²) in [7, 11) is -0.581. The van der Waals surface area contributed by atoms with Crippen molar-refractivity contribution in [3.05, 3.63) is 52.1 Å². The van der Waals surface area contributed by atoms with Crippen LogP contribution in [0.1, 0.15) is 15.9 Å². The van der Waals surface area contributed by atoms with Gasteiger partial charge in [-0.3, -0.25) is 4.79 Å². The van der Waals surface area contributed by atoms with Crippen molar-refractivity contribution < 1.29 is 17.9 Å². The number of esters is 1. The van der Waals surface area contributed by atoms with Crippen LogP contribution < -0.4 is 11.3 Å². The van der Waals surface area contributed by atoms with Crippen LogP contribution >= 0.6 is 0 Å². The van der Waals surface area contributed by atoms with E-state index < -0.39 is 15.8 Å². The average molecular weight is 389 g/mol. The Balaban J connectivity index is 2.33. The molecule has 0 aliphatic heterocycles. The number of benzene rings is 1. The second-order valence-electron chi connectivity index (χ2n) is 6.38. The molecule has 3 rings (SSSR count). The highest BCUT2D eigenvalue weighted by Crippen LogP contribution is 2.34. The molecule has 3 aromatic rings. The predicted molar refractivity (Wildman–Crippen MR) is 103 cm³/mol. The number of hydrogen-bond acceptors (Lipinski definition) is 6. The fourth-order valence-electron chi connectivity index (χ4n) is 3.08. The molecule has 0 amide bonds. The maximum atomic E-state index is 12.3. The van der Waals surface area contributed by atoms with E-state index in [1.54, 1.807) is 31.6 Å². The van der Waals surface area contributed by atoms with Crippen LogP contribution in [0.2, 0.25) is 0 Å². The third-order valence-electron chi connectivity index (χ3n) is 4.28. The first-order valence-corrected chi connectivity index (χ1v) is 10.0. The number of H-pyrrole nitrogens is 1. The Kier molecular flexibility index (Phi) is 4.56. The minimum atomic E-state index is -3.41. The molecule has 0 unspecified atom stereocenters. The van der Waals surface area contributed by atoms with E-state index in [1.807, 2.05) is 0 Å². The SMILES string of the molecule is COC(=O)c1cc(N)c(-c2cn(C)c(=O)c3[nH]ccc23)cc1CS(C)(=O)=O. The van der Waals surface area contributed by atoms with Gasteiger partial charge in [0, 0.05) is 47.9 Å². The van der Waals surface area contributed by atoms with Gasteiger partial charge < -0.3 is 20.0 Å². The lowest BCUT2D eigenvalue weighted by atomic mass is 9.96. The third kappa shape index (κ3) is 3.45. The first-order valence-electron chi connectivity index (χ1n) is 7.98. The summed E-state index contributed by atoms with van der Waals surface area (Å²) < 4.78 is 29.8.